The third-order valence-corrected chi connectivity index (χ3v) is 1.68. The number of hydrogen-bond acceptors (Lipinski definition) is 3. The van der Waals surface area contributed by atoms with Crippen LogP contribution in [0.5, 0.6) is 0 Å². The van der Waals surface area contributed by atoms with Gasteiger partial charge in [0.15, 0.2) is 0 Å². The third-order valence-electron chi connectivity index (χ3n) is 1.68. The summed E-state index contributed by atoms with van der Waals surface area (Å²) in [7, 11) is 4.91. The first-order valence-electron chi connectivity index (χ1n) is 3.49. The maximum atomic E-state index is 7.00. The summed E-state index contributed by atoms with van der Waals surface area (Å²) in [6, 6.07) is 0. The molecule has 0 amide bonds. The van der Waals surface area contributed by atoms with Gasteiger partial charge in [-0.1, -0.05) is 0 Å². The summed E-state index contributed by atoms with van der Waals surface area (Å²) in [4.78, 5) is 2.29. The van der Waals surface area contributed by atoms with Crippen LogP contribution < -0.4 is 0 Å². The van der Waals surface area contributed by atoms with E-state index in [9.17, 15) is 0 Å². The summed E-state index contributed by atoms with van der Waals surface area (Å²) in [5.41, 5.74) is 0. The molecule has 0 aromatic rings. The van der Waals surface area contributed by atoms with Crippen LogP contribution in [0.1, 0.15) is 6.42 Å². The van der Waals surface area contributed by atoms with Crippen LogP contribution >= 0.6 is 0 Å². The van der Waals surface area contributed by atoms with Gasteiger partial charge in [0, 0.05) is 27.3 Å². The summed E-state index contributed by atoms with van der Waals surface area (Å²) < 4.78 is 5.14. The molecule has 1 fully saturated rings. The molecule has 0 unspecified atom stereocenters. The molecular weight excluding hydrogens is 130 g/mol. The maximum Gasteiger partial charge on any atom is 0.0710 e. The molecule has 0 aromatic heterocycles. The minimum atomic E-state index is 0.500. The molecular formula is C7H17NO2. The standard InChI is InChI=1S/C6H13NO.CH4O/c1-7-4-3-6(5-7)8-2;1-2/h6H,3-5H2,1-2H3;2H,1H3/t6-;/m0./s1. The van der Waals surface area contributed by atoms with Gasteiger partial charge in [-0.05, 0) is 13.5 Å². The number of aliphatic hydroxyl groups is 1. The van der Waals surface area contributed by atoms with Gasteiger partial charge in [0.2, 0.25) is 0 Å². The highest BCUT2D eigenvalue weighted by atomic mass is 16.5. The van der Waals surface area contributed by atoms with Crippen LogP contribution in [0.2, 0.25) is 0 Å². The highest BCUT2D eigenvalue weighted by Gasteiger charge is 2.17. The highest BCUT2D eigenvalue weighted by molar-refractivity contribution is 4.71. The van der Waals surface area contributed by atoms with E-state index in [2.05, 4.69) is 11.9 Å². The van der Waals surface area contributed by atoms with Crippen molar-refractivity contribution in [3.63, 3.8) is 0 Å². The summed E-state index contributed by atoms with van der Waals surface area (Å²) in [6.45, 7) is 2.30. The average Bonchev–Trinajstić information content (AvgIpc) is 2.40. The Kier molecular flexibility index (Phi) is 5.58. The molecule has 1 heterocycles. The van der Waals surface area contributed by atoms with E-state index in [1.165, 1.54) is 13.0 Å². The molecule has 10 heavy (non-hydrogen) atoms. The molecule has 0 saturated carbocycles. The lowest BCUT2D eigenvalue weighted by Gasteiger charge is -2.06. The Morgan fingerprint density at radius 3 is 2.30 bits per heavy atom. The van der Waals surface area contributed by atoms with E-state index in [0.29, 0.717) is 6.10 Å². The lowest BCUT2D eigenvalue weighted by atomic mass is 10.3. The first kappa shape index (κ1) is 9.88. The Morgan fingerprint density at radius 2 is 2.10 bits per heavy atom. The Hall–Kier alpha value is -0.120. The van der Waals surface area contributed by atoms with E-state index in [1.807, 2.05) is 0 Å². The average molecular weight is 147 g/mol. The molecule has 0 bridgehead atoms. The van der Waals surface area contributed by atoms with Crippen LogP contribution in [-0.2, 0) is 4.74 Å². The van der Waals surface area contributed by atoms with E-state index in [0.717, 1.165) is 13.7 Å². The smallest absolute Gasteiger partial charge is 0.0710 e. The van der Waals surface area contributed by atoms with Crippen molar-refractivity contribution in [2.24, 2.45) is 0 Å². The third kappa shape index (κ3) is 3.15. The quantitative estimate of drug-likeness (QED) is 0.564. The second-order valence-corrected chi connectivity index (χ2v) is 2.41. The fraction of sp³-hybridized carbons (Fsp3) is 1.00. The predicted octanol–water partition coefficient (Wildman–Crippen LogP) is -0.0546. The van der Waals surface area contributed by atoms with E-state index in [-0.39, 0.29) is 0 Å². The van der Waals surface area contributed by atoms with Crippen molar-refractivity contribution < 1.29 is 9.84 Å². The number of nitrogens with zero attached hydrogens (tertiary/aromatic N) is 1. The highest BCUT2D eigenvalue weighted by Crippen LogP contribution is 2.07. The van der Waals surface area contributed by atoms with Crippen molar-refractivity contribution in [1.82, 2.24) is 4.90 Å². The van der Waals surface area contributed by atoms with Gasteiger partial charge in [0.25, 0.3) is 0 Å². The van der Waals surface area contributed by atoms with Gasteiger partial charge in [-0.3, -0.25) is 0 Å². The van der Waals surface area contributed by atoms with Crippen LogP contribution in [0.15, 0.2) is 0 Å². The number of likely N-dealkylation sites (N-methyl/N-ethyl adjacent to an activating group) is 1. The van der Waals surface area contributed by atoms with E-state index >= 15 is 0 Å². The Bertz CT molecular complexity index is 78.0. The van der Waals surface area contributed by atoms with Crippen molar-refractivity contribution in [3.05, 3.63) is 0 Å². The van der Waals surface area contributed by atoms with Crippen LogP contribution in [0.25, 0.3) is 0 Å². The zero-order valence-electron chi connectivity index (χ0n) is 7.00. The molecule has 0 aromatic carbocycles. The molecule has 0 aliphatic carbocycles. The first-order chi connectivity index (χ1) is 4.83. The van der Waals surface area contributed by atoms with Crippen molar-refractivity contribution >= 4 is 0 Å². The van der Waals surface area contributed by atoms with Gasteiger partial charge in [0.1, 0.15) is 0 Å². The molecule has 1 rings (SSSR count). The number of methoxy groups -OCH3 is 1. The predicted molar refractivity (Wildman–Crippen MR) is 41.1 cm³/mol. The van der Waals surface area contributed by atoms with Crippen LogP contribution in [0, 0.1) is 0 Å². The minimum absolute atomic E-state index is 0.500. The fourth-order valence-corrected chi connectivity index (χ4v) is 1.09. The molecule has 1 aliphatic rings. The molecule has 1 aliphatic heterocycles. The molecule has 1 N–H and O–H groups in total. The van der Waals surface area contributed by atoms with E-state index in [1.54, 1.807) is 7.11 Å². The molecule has 0 spiro atoms. The molecule has 1 saturated heterocycles. The van der Waals surface area contributed by atoms with Crippen LogP contribution in [-0.4, -0.2) is 50.5 Å². The van der Waals surface area contributed by atoms with Crippen molar-refractivity contribution in [2.75, 3.05) is 34.4 Å². The largest absolute Gasteiger partial charge is 0.400 e. The zero-order valence-corrected chi connectivity index (χ0v) is 7.00. The number of ether oxygens (including phenoxy) is 1. The van der Waals surface area contributed by atoms with Crippen molar-refractivity contribution in [3.8, 4) is 0 Å². The van der Waals surface area contributed by atoms with Gasteiger partial charge in [-0.2, -0.15) is 0 Å². The normalized spacial score (nSPS) is 25.8. The summed E-state index contributed by atoms with van der Waals surface area (Å²) in [6.07, 6.45) is 1.70. The molecule has 3 heteroatoms. The number of rotatable bonds is 1. The topological polar surface area (TPSA) is 32.7 Å². The number of hydrogen-bond donors (Lipinski definition) is 1. The lowest BCUT2D eigenvalue weighted by Crippen LogP contribution is -2.17. The second kappa shape index (κ2) is 5.65. The summed E-state index contributed by atoms with van der Waals surface area (Å²) in [5, 5.41) is 7.00. The van der Waals surface area contributed by atoms with Gasteiger partial charge in [-0.15, -0.1) is 0 Å². The number of aliphatic hydroxyl groups excluding tert-OH is 1. The van der Waals surface area contributed by atoms with Gasteiger partial charge >= 0.3 is 0 Å². The van der Waals surface area contributed by atoms with Crippen molar-refractivity contribution in [2.45, 2.75) is 12.5 Å². The van der Waals surface area contributed by atoms with Gasteiger partial charge in [0.05, 0.1) is 6.10 Å². The lowest BCUT2D eigenvalue weighted by molar-refractivity contribution is 0.111. The molecule has 62 valence electrons. The minimum Gasteiger partial charge on any atom is -0.400 e. The Labute approximate surface area is 62.6 Å². The van der Waals surface area contributed by atoms with E-state index in [4.69, 9.17) is 9.84 Å². The number of likely N-dealkylation sites (tertiary alicyclic amines) is 1. The summed E-state index contributed by atoms with van der Waals surface area (Å²) >= 11 is 0. The molecule has 1 atom stereocenters. The van der Waals surface area contributed by atoms with Crippen molar-refractivity contribution in [1.29, 1.82) is 0 Å². The first-order valence-corrected chi connectivity index (χ1v) is 3.49. The van der Waals surface area contributed by atoms with E-state index < -0.39 is 0 Å². The van der Waals surface area contributed by atoms with Gasteiger partial charge in [-0.25, -0.2) is 0 Å². The van der Waals surface area contributed by atoms with Crippen LogP contribution in [0.4, 0.5) is 0 Å². The maximum absolute atomic E-state index is 7.00. The monoisotopic (exact) mass is 147 g/mol. The van der Waals surface area contributed by atoms with Gasteiger partial charge < -0.3 is 14.7 Å². The zero-order chi connectivity index (χ0) is 7.98. The fourth-order valence-electron chi connectivity index (χ4n) is 1.09. The Balaban J connectivity index is 0.000000371. The van der Waals surface area contributed by atoms with Crippen LogP contribution in [0.3, 0.4) is 0 Å². The SMILES string of the molecule is CO.CO[C@H]1CCN(C)C1. The molecule has 0 radical (unpaired) electrons. The Morgan fingerprint density at radius 1 is 1.50 bits per heavy atom. The molecule has 3 nitrogen and oxygen atoms in total. The second-order valence-electron chi connectivity index (χ2n) is 2.41. The summed E-state index contributed by atoms with van der Waals surface area (Å²) in [5.74, 6) is 0.